The molecule has 2 fully saturated rings. The molecule has 0 radical (unpaired) electrons. The Morgan fingerprint density at radius 2 is 1.96 bits per heavy atom. The summed E-state index contributed by atoms with van der Waals surface area (Å²) in [7, 11) is 1.29. The maximum atomic E-state index is 14.3. The number of hydrogen-bond acceptors (Lipinski definition) is 17. The largest absolute Gasteiger partial charge is 0.454 e. The Labute approximate surface area is 271 Å². The van der Waals surface area contributed by atoms with Gasteiger partial charge in [0, 0.05) is 37.2 Å². The van der Waals surface area contributed by atoms with E-state index < -0.39 is 91.6 Å². The Hall–Kier alpha value is -3.20. The van der Waals surface area contributed by atoms with Crippen LogP contribution in [0.15, 0.2) is 34.5 Å². The Balaban J connectivity index is 1.35. The highest BCUT2D eigenvalue weighted by Crippen LogP contribution is 2.63. The number of nitrogens with zero attached hydrogens (tertiary/aromatic N) is 5. The van der Waals surface area contributed by atoms with Crippen LogP contribution in [0.5, 0.6) is 0 Å². The molecule has 0 aromatic carbocycles. The van der Waals surface area contributed by atoms with Crippen LogP contribution < -0.4 is 17.0 Å². The lowest BCUT2D eigenvalue weighted by atomic mass is 9.98. The topological polar surface area (TPSA) is 254 Å². The summed E-state index contributed by atoms with van der Waals surface area (Å²) in [6, 6.07) is 1.10. The predicted octanol–water partition coefficient (Wildman–Crippen LogP) is 0.302. The molecule has 8 atom stereocenters. The van der Waals surface area contributed by atoms with Crippen molar-refractivity contribution >= 4 is 41.1 Å². The highest BCUT2D eigenvalue weighted by atomic mass is 32.7. The third-order valence-corrected chi connectivity index (χ3v) is 10.8. The van der Waals surface area contributed by atoms with Crippen molar-refractivity contribution in [3.63, 3.8) is 0 Å². The second-order valence-electron chi connectivity index (χ2n) is 11.7. The molecule has 258 valence electrons. The smallest absolute Gasteiger partial charge is 0.392 e. The van der Waals surface area contributed by atoms with Gasteiger partial charge in [-0.15, -0.1) is 0 Å². The molecule has 2 aliphatic heterocycles. The number of imidazole rings is 1. The standard InChI is InChI=1S/C26H36N7O12PS/c1-26(2,3)24(37)41-12-47-46(39,45-19-14(8-34)44-23(20(19)40-4)32-6-5-16(36)31-25(32)38)42-9-15-13(35)7-17(43-15)33-11-30-18-21(27)28-10-29-22(18)33/h5-6,10-11,13-15,17,19-20,23,34-35H,7-9,12H2,1-4H3,(H2,27,28,29)(H,31,36,38)/t13?,14-,15-,17-,19?,20+,23-,46?/m1/s1. The number of esters is 1. The van der Waals surface area contributed by atoms with Crippen LogP contribution in [0.4, 0.5) is 5.82 Å². The van der Waals surface area contributed by atoms with Crippen LogP contribution in [0.2, 0.25) is 0 Å². The molecule has 47 heavy (non-hydrogen) atoms. The molecule has 0 spiro atoms. The fourth-order valence-electron chi connectivity index (χ4n) is 4.97. The third kappa shape index (κ3) is 7.60. The molecule has 0 aliphatic carbocycles. The van der Waals surface area contributed by atoms with E-state index in [2.05, 4.69) is 19.9 Å². The Kier molecular flexibility index (Phi) is 10.5. The number of ether oxygens (including phenoxy) is 4. The minimum atomic E-state index is -4.34. The lowest BCUT2D eigenvalue weighted by Gasteiger charge is -2.28. The monoisotopic (exact) mass is 701 g/mol. The van der Waals surface area contributed by atoms with E-state index in [0.717, 1.165) is 10.6 Å². The van der Waals surface area contributed by atoms with Gasteiger partial charge in [0.05, 0.1) is 31.1 Å². The highest BCUT2D eigenvalue weighted by Gasteiger charge is 2.51. The van der Waals surface area contributed by atoms with Crippen molar-refractivity contribution in [3.05, 3.63) is 45.8 Å². The highest BCUT2D eigenvalue weighted by molar-refractivity contribution is 8.55. The normalized spacial score (nSPS) is 27.7. The van der Waals surface area contributed by atoms with Gasteiger partial charge in [0.2, 0.25) is 0 Å². The first-order valence-electron chi connectivity index (χ1n) is 14.4. The Bertz CT molecular complexity index is 1740. The molecule has 0 amide bonds. The molecule has 19 nitrogen and oxygen atoms in total. The van der Waals surface area contributed by atoms with Crippen molar-refractivity contribution in [3.8, 4) is 0 Å². The molecule has 5 heterocycles. The van der Waals surface area contributed by atoms with E-state index in [9.17, 15) is 29.2 Å². The van der Waals surface area contributed by atoms with Gasteiger partial charge in [0.25, 0.3) is 5.56 Å². The van der Waals surface area contributed by atoms with Gasteiger partial charge in [-0.05, 0) is 20.8 Å². The number of nitrogens with two attached hydrogens (primary N) is 1. The zero-order valence-corrected chi connectivity index (χ0v) is 27.5. The van der Waals surface area contributed by atoms with Crippen molar-refractivity contribution in [2.75, 3.05) is 32.0 Å². The summed E-state index contributed by atoms with van der Waals surface area (Å²) in [4.78, 5) is 51.0. The number of anilines is 1. The zero-order chi connectivity index (χ0) is 34.1. The number of hydrogen-bond donors (Lipinski definition) is 4. The van der Waals surface area contributed by atoms with Crippen LogP contribution in [-0.2, 0) is 37.4 Å². The molecule has 5 rings (SSSR count). The fraction of sp³-hybridized carbons (Fsp3) is 0.615. The summed E-state index contributed by atoms with van der Waals surface area (Å²) in [5, 5.41) is 21.0. The van der Waals surface area contributed by atoms with Gasteiger partial charge in [-0.3, -0.25) is 32.8 Å². The molecule has 0 saturated carbocycles. The molecule has 3 aromatic rings. The number of methoxy groups -OCH3 is 1. The van der Waals surface area contributed by atoms with Gasteiger partial charge >= 0.3 is 18.5 Å². The first-order valence-corrected chi connectivity index (χ1v) is 17.5. The lowest BCUT2D eigenvalue weighted by Crippen LogP contribution is -2.39. The van der Waals surface area contributed by atoms with Crippen molar-refractivity contribution in [2.45, 2.75) is 70.2 Å². The van der Waals surface area contributed by atoms with E-state index in [1.54, 1.807) is 25.3 Å². The molecule has 0 bridgehead atoms. The minimum absolute atomic E-state index is 0.106. The van der Waals surface area contributed by atoms with E-state index in [1.165, 1.54) is 26.0 Å². The summed E-state index contributed by atoms with van der Waals surface area (Å²) in [5.41, 5.74) is 4.33. The number of H-pyrrole nitrogens is 1. The SMILES string of the molecule is CO[C@H]1C(OP(=O)(OC[C@H]2O[C@@H](n3cnc4c(N)ncnc43)CC2O)SCOC(=O)C(C)(C)C)[C@@H](CO)O[C@H]1n1ccc(=O)[nH]c1=O. The molecular weight excluding hydrogens is 665 g/mol. The first kappa shape index (κ1) is 35.1. The van der Waals surface area contributed by atoms with Crippen molar-refractivity contribution in [1.82, 2.24) is 29.1 Å². The fourth-order valence-corrected chi connectivity index (χ4v) is 7.77. The maximum Gasteiger partial charge on any atom is 0.392 e. The van der Waals surface area contributed by atoms with Crippen LogP contribution in [0, 0.1) is 5.41 Å². The van der Waals surface area contributed by atoms with Crippen molar-refractivity contribution in [2.24, 2.45) is 5.41 Å². The Morgan fingerprint density at radius 3 is 2.64 bits per heavy atom. The summed E-state index contributed by atoms with van der Waals surface area (Å²) in [6.45, 7) is -0.471. The summed E-state index contributed by atoms with van der Waals surface area (Å²) < 4.78 is 51.4. The average Bonchev–Trinajstić information content (AvgIpc) is 3.70. The second kappa shape index (κ2) is 14.1. The number of fused-ring (bicyclic) bond motifs is 1. The summed E-state index contributed by atoms with van der Waals surface area (Å²) in [5.74, 6) is -0.839. The summed E-state index contributed by atoms with van der Waals surface area (Å²) >= 11 is 0.545. The molecular formula is C26H36N7O12PS. The molecule has 21 heteroatoms. The van der Waals surface area contributed by atoms with Crippen LogP contribution in [0.25, 0.3) is 11.2 Å². The molecule has 3 aromatic heterocycles. The van der Waals surface area contributed by atoms with Gasteiger partial charge in [0.1, 0.15) is 48.4 Å². The maximum absolute atomic E-state index is 14.3. The van der Waals surface area contributed by atoms with Crippen molar-refractivity contribution < 1.29 is 47.6 Å². The number of aliphatic hydroxyl groups excluding tert-OH is 2. The van der Waals surface area contributed by atoms with Crippen LogP contribution in [-0.4, -0.2) is 102 Å². The van der Waals surface area contributed by atoms with E-state index in [4.69, 9.17) is 33.7 Å². The molecule has 3 unspecified atom stereocenters. The molecule has 2 aliphatic rings. The van der Waals surface area contributed by atoms with Crippen molar-refractivity contribution in [1.29, 1.82) is 0 Å². The van der Waals surface area contributed by atoms with Gasteiger partial charge in [0.15, 0.2) is 17.7 Å². The second-order valence-corrected chi connectivity index (χ2v) is 15.7. The van der Waals surface area contributed by atoms with Gasteiger partial charge in [-0.25, -0.2) is 24.3 Å². The zero-order valence-electron chi connectivity index (χ0n) is 25.8. The number of carbonyl (C=O) groups excluding carboxylic acids is 1. The van der Waals surface area contributed by atoms with Crippen LogP contribution in [0.3, 0.4) is 0 Å². The summed E-state index contributed by atoms with van der Waals surface area (Å²) in [6.07, 6.45) is -3.56. The number of rotatable bonds is 12. The van der Waals surface area contributed by atoms with Crippen LogP contribution in [0.1, 0.15) is 39.6 Å². The molecule has 5 N–H and O–H groups in total. The van der Waals surface area contributed by atoms with E-state index in [-0.39, 0.29) is 12.2 Å². The lowest BCUT2D eigenvalue weighted by molar-refractivity contribution is -0.150. The van der Waals surface area contributed by atoms with Gasteiger partial charge in [-0.1, -0.05) is 0 Å². The minimum Gasteiger partial charge on any atom is -0.454 e. The van der Waals surface area contributed by atoms with E-state index in [1.807, 2.05) is 0 Å². The Morgan fingerprint density at radius 1 is 1.19 bits per heavy atom. The number of nitrogens with one attached hydrogen (secondary N) is 1. The number of carbonyl (C=O) groups is 1. The molecule has 2 saturated heterocycles. The first-order chi connectivity index (χ1) is 22.2. The number of nitrogen functional groups attached to an aromatic ring is 1. The van der Waals surface area contributed by atoms with E-state index in [0.29, 0.717) is 22.5 Å². The quantitative estimate of drug-likeness (QED) is 0.112. The number of aliphatic hydroxyl groups is 2. The van der Waals surface area contributed by atoms with Crippen LogP contribution >= 0.6 is 18.2 Å². The van der Waals surface area contributed by atoms with E-state index >= 15 is 0 Å². The third-order valence-electron chi connectivity index (χ3n) is 7.43. The number of aromatic nitrogens is 6. The average molecular weight is 702 g/mol. The predicted molar refractivity (Wildman–Crippen MR) is 164 cm³/mol. The van der Waals surface area contributed by atoms with Gasteiger partial charge < -0.3 is 34.9 Å². The number of aromatic amines is 1. The van der Waals surface area contributed by atoms with Gasteiger partial charge in [-0.2, -0.15) is 0 Å².